The maximum Gasteiger partial charge on any atom is 0.265 e. The van der Waals surface area contributed by atoms with E-state index in [1.165, 1.54) is 0 Å². The summed E-state index contributed by atoms with van der Waals surface area (Å²) in [4.78, 5) is 25.6. The van der Waals surface area contributed by atoms with Crippen molar-refractivity contribution in [3.63, 3.8) is 0 Å². The van der Waals surface area contributed by atoms with Crippen molar-refractivity contribution in [2.45, 2.75) is 25.3 Å². The molecule has 2 aliphatic rings. The first-order chi connectivity index (χ1) is 10.8. The van der Waals surface area contributed by atoms with Crippen LogP contribution >= 0.6 is 0 Å². The molecule has 1 aromatic rings. The molecule has 118 valence electrons. The smallest absolute Gasteiger partial charge is 0.265 e. The number of rotatable bonds is 5. The molecule has 0 saturated carbocycles. The first kappa shape index (κ1) is 14.8. The number of nitrogens with one attached hydrogen (secondary N) is 2. The van der Waals surface area contributed by atoms with E-state index in [0.29, 0.717) is 13.1 Å². The number of para-hydroxylation sites is 2. The molecule has 0 radical (unpaired) electrons. The zero-order chi connectivity index (χ0) is 15.4. The quantitative estimate of drug-likeness (QED) is 0.785. The van der Waals surface area contributed by atoms with Gasteiger partial charge in [0.1, 0.15) is 5.75 Å². The van der Waals surface area contributed by atoms with Gasteiger partial charge in [-0.05, 0) is 37.9 Å². The van der Waals surface area contributed by atoms with Crippen molar-refractivity contribution in [2.75, 3.05) is 31.1 Å². The Labute approximate surface area is 129 Å². The SMILES string of the molecule is O=C(NCCCN1C(=O)COc2ccccc21)C1CCCN1. The average molecular weight is 303 g/mol. The van der Waals surface area contributed by atoms with Gasteiger partial charge in [0.15, 0.2) is 6.61 Å². The van der Waals surface area contributed by atoms with Crippen molar-refractivity contribution in [1.29, 1.82) is 0 Å². The fourth-order valence-electron chi connectivity index (χ4n) is 2.88. The minimum atomic E-state index is -0.0502. The minimum Gasteiger partial charge on any atom is -0.482 e. The van der Waals surface area contributed by atoms with E-state index >= 15 is 0 Å². The van der Waals surface area contributed by atoms with Crippen LogP contribution in [0.1, 0.15) is 19.3 Å². The number of benzene rings is 1. The largest absolute Gasteiger partial charge is 0.482 e. The second kappa shape index (κ2) is 6.79. The maximum atomic E-state index is 12.0. The topological polar surface area (TPSA) is 70.7 Å². The number of ether oxygens (including phenoxy) is 1. The molecule has 6 heteroatoms. The lowest BCUT2D eigenvalue weighted by molar-refractivity contribution is -0.122. The Balaban J connectivity index is 1.49. The second-order valence-electron chi connectivity index (χ2n) is 5.60. The molecule has 2 N–H and O–H groups in total. The van der Waals surface area contributed by atoms with Gasteiger partial charge in [-0.1, -0.05) is 12.1 Å². The summed E-state index contributed by atoms with van der Waals surface area (Å²) in [5.41, 5.74) is 0.808. The summed E-state index contributed by atoms with van der Waals surface area (Å²) in [6, 6.07) is 7.48. The lowest BCUT2D eigenvalue weighted by atomic mass is 10.2. The molecule has 1 saturated heterocycles. The Bertz CT molecular complexity index is 555. The summed E-state index contributed by atoms with van der Waals surface area (Å²) in [7, 11) is 0. The lowest BCUT2D eigenvalue weighted by Gasteiger charge is -2.29. The van der Waals surface area contributed by atoms with Crippen LogP contribution in [0.5, 0.6) is 5.75 Å². The van der Waals surface area contributed by atoms with Gasteiger partial charge >= 0.3 is 0 Å². The van der Waals surface area contributed by atoms with Crippen LogP contribution in [0.2, 0.25) is 0 Å². The van der Waals surface area contributed by atoms with Crippen molar-refractivity contribution in [1.82, 2.24) is 10.6 Å². The first-order valence-electron chi connectivity index (χ1n) is 7.79. The first-order valence-corrected chi connectivity index (χ1v) is 7.79. The fourth-order valence-corrected chi connectivity index (χ4v) is 2.88. The molecule has 2 heterocycles. The van der Waals surface area contributed by atoms with Crippen LogP contribution < -0.4 is 20.3 Å². The van der Waals surface area contributed by atoms with Gasteiger partial charge in [-0.15, -0.1) is 0 Å². The fraction of sp³-hybridized carbons (Fsp3) is 0.500. The Morgan fingerprint density at radius 3 is 3.09 bits per heavy atom. The molecule has 2 aliphatic heterocycles. The normalized spacial score (nSPS) is 20.5. The Kier molecular flexibility index (Phi) is 4.58. The highest BCUT2D eigenvalue weighted by Gasteiger charge is 2.25. The molecule has 0 aliphatic carbocycles. The third kappa shape index (κ3) is 3.22. The molecular formula is C16H21N3O3. The predicted molar refractivity (Wildman–Crippen MR) is 82.9 cm³/mol. The summed E-state index contributed by atoms with van der Waals surface area (Å²) in [5, 5.41) is 6.11. The van der Waals surface area contributed by atoms with Crippen molar-refractivity contribution in [2.24, 2.45) is 0 Å². The zero-order valence-corrected chi connectivity index (χ0v) is 12.5. The monoisotopic (exact) mass is 303 g/mol. The van der Waals surface area contributed by atoms with Crippen LogP contribution in [0.15, 0.2) is 24.3 Å². The minimum absolute atomic E-state index is 0.0394. The maximum absolute atomic E-state index is 12.0. The van der Waals surface area contributed by atoms with E-state index < -0.39 is 0 Å². The molecule has 1 fully saturated rings. The zero-order valence-electron chi connectivity index (χ0n) is 12.5. The molecule has 0 bridgehead atoms. The van der Waals surface area contributed by atoms with Crippen molar-refractivity contribution in [3.05, 3.63) is 24.3 Å². The van der Waals surface area contributed by atoms with Crippen molar-refractivity contribution >= 4 is 17.5 Å². The second-order valence-corrected chi connectivity index (χ2v) is 5.60. The Hall–Kier alpha value is -2.08. The van der Waals surface area contributed by atoms with Crippen LogP contribution in [0, 0.1) is 0 Å². The van der Waals surface area contributed by atoms with Gasteiger partial charge in [0, 0.05) is 13.1 Å². The van der Waals surface area contributed by atoms with Crippen LogP contribution in [0.4, 0.5) is 5.69 Å². The summed E-state index contributed by atoms with van der Waals surface area (Å²) < 4.78 is 5.41. The van der Waals surface area contributed by atoms with E-state index in [1.807, 2.05) is 24.3 Å². The predicted octanol–water partition coefficient (Wildman–Crippen LogP) is 0.670. The van der Waals surface area contributed by atoms with E-state index in [0.717, 1.165) is 37.2 Å². The molecule has 3 rings (SSSR count). The van der Waals surface area contributed by atoms with E-state index in [1.54, 1.807) is 4.90 Å². The van der Waals surface area contributed by atoms with Crippen LogP contribution in [-0.2, 0) is 9.59 Å². The molecule has 0 spiro atoms. The number of amides is 2. The van der Waals surface area contributed by atoms with Gasteiger partial charge in [-0.25, -0.2) is 0 Å². The van der Waals surface area contributed by atoms with Crippen molar-refractivity contribution in [3.8, 4) is 5.75 Å². The third-order valence-electron chi connectivity index (χ3n) is 4.04. The van der Waals surface area contributed by atoms with Crippen LogP contribution in [0.3, 0.4) is 0 Å². The van der Waals surface area contributed by atoms with E-state index in [4.69, 9.17) is 4.74 Å². The van der Waals surface area contributed by atoms with Gasteiger partial charge in [-0.3, -0.25) is 9.59 Å². The molecular weight excluding hydrogens is 282 g/mol. The highest BCUT2D eigenvalue weighted by molar-refractivity contribution is 5.97. The molecule has 1 atom stereocenters. The molecule has 0 aromatic heterocycles. The number of fused-ring (bicyclic) bond motifs is 1. The number of carbonyl (C=O) groups is 2. The average Bonchev–Trinajstić information content (AvgIpc) is 3.07. The molecule has 1 unspecified atom stereocenters. The van der Waals surface area contributed by atoms with Gasteiger partial charge in [0.2, 0.25) is 5.91 Å². The Morgan fingerprint density at radius 1 is 1.41 bits per heavy atom. The van der Waals surface area contributed by atoms with Gasteiger partial charge in [-0.2, -0.15) is 0 Å². The summed E-state index contributed by atoms with van der Waals surface area (Å²) >= 11 is 0. The molecule has 22 heavy (non-hydrogen) atoms. The number of nitrogens with zero attached hydrogens (tertiary/aromatic N) is 1. The molecule has 2 amide bonds. The van der Waals surface area contributed by atoms with Gasteiger partial charge in [0.25, 0.3) is 5.91 Å². The number of hydrogen-bond donors (Lipinski definition) is 2. The highest BCUT2D eigenvalue weighted by atomic mass is 16.5. The number of carbonyl (C=O) groups excluding carboxylic acids is 2. The van der Waals surface area contributed by atoms with E-state index in [-0.39, 0.29) is 24.5 Å². The van der Waals surface area contributed by atoms with E-state index in [9.17, 15) is 9.59 Å². The Morgan fingerprint density at radius 2 is 2.27 bits per heavy atom. The highest BCUT2D eigenvalue weighted by Crippen LogP contribution is 2.31. The number of hydrogen-bond acceptors (Lipinski definition) is 4. The van der Waals surface area contributed by atoms with Crippen LogP contribution in [0.25, 0.3) is 0 Å². The summed E-state index contributed by atoms with van der Waals surface area (Å²) in [5.74, 6) is 0.759. The molecule has 1 aromatic carbocycles. The standard InChI is InChI=1S/C16H21N3O3/c20-15-11-22-14-7-2-1-6-13(14)19(15)10-4-9-18-16(21)12-5-3-8-17-12/h1-2,6-7,12,17H,3-5,8-11H2,(H,18,21). The summed E-state index contributed by atoms with van der Waals surface area (Å²) in [6.45, 7) is 2.15. The van der Waals surface area contributed by atoms with Gasteiger partial charge in [0.05, 0.1) is 11.7 Å². The van der Waals surface area contributed by atoms with Gasteiger partial charge < -0.3 is 20.3 Å². The van der Waals surface area contributed by atoms with Crippen molar-refractivity contribution < 1.29 is 14.3 Å². The van der Waals surface area contributed by atoms with E-state index in [2.05, 4.69) is 10.6 Å². The third-order valence-corrected chi connectivity index (χ3v) is 4.04. The number of anilines is 1. The van der Waals surface area contributed by atoms with Crippen LogP contribution in [-0.4, -0.2) is 44.1 Å². The summed E-state index contributed by atoms with van der Waals surface area (Å²) in [6.07, 6.45) is 2.68. The molecule has 6 nitrogen and oxygen atoms in total. The lowest BCUT2D eigenvalue weighted by Crippen LogP contribution is -2.43.